The number of hydrogen-bond acceptors (Lipinski definition) is 5. The van der Waals surface area contributed by atoms with Gasteiger partial charge in [0.25, 0.3) is 0 Å². The standard InChI is InChI=1S/C31H31N5.CH3NO2/c1-30(32)17-19-35(20-18-30)27-21-29-28(33-22-27)23-34-36(29)31(24-11-5-2-6-12-24,25-13-7-3-8-14-25)26-15-9-4-10-16-26;2-1(3)4/h2-16,21-23H,17-20,32H2,1H3;2H2,(H,3,4). The summed E-state index contributed by atoms with van der Waals surface area (Å²) in [6, 6.07) is 34.2. The highest BCUT2D eigenvalue weighted by atomic mass is 16.4. The van der Waals surface area contributed by atoms with Crippen LogP contribution >= 0.6 is 0 Å². The summed E-state index contributed by atoms with van der Waals surface area (Å²) in [5, 5.41) is 12.2. The lowest BCUT2D eigenvalue weighted by molar-refractivity contribution is 0.205. The fourth-order valence-electron chi connectivity index (χ4n) is 5.52. The van der Waals surface area contributed by atoms with Gasteiger partial charge in [0, 0.05) is 18.6 Å². The Morgan fingerprint density at radius 2 is 1.30 bits per heavy atom. The molecule has 40 heavy (non-hydrogen) atoms. The zero-order valence-corrected chi connectivity index (χ0v) is 22.5. The first-order valence-electron chi connectivity index (χ1n) is 13.3. The number of piperidine rings is 1. The van der Waals surface area contributed by atoms with Gasteiger partial charge >= 0.3 is 6.09 Å². The number of nitrogens with two attached hydrogens (primary N) is 2. The molecule has 3 heterocycles. The van der Waals surface area contributed by atoms with E-state index in [4.69, 9.17) is 25.7 Å². The van der Waals surface area contributed by atoms with Gasteiger partial charge in [-0.15, -0.1) is 0 Å². The topological polar surface area (TPSA) is 123 Å². The van der Waals surface area contributed by atoms with Crippen molar-refractivity contribution in [2.24, 2.45) is 11.5 Å². The number of carboxylic acid groups (broad SMARTS) is 1. The lowest BCUT2D eigenvalue weighted by atomic mass is 9.77. The molecule has 0 saturated carbocycles. The summed E-state index contributed by atoms with van der Waals surface area (Å²) in [5.41, 5.74) is 16.1. The van der Waals surface area contributed by atoms with E-state index in [1.807, 2.05) is 12.4 Å². The van der Waals surface area contributed by atoms with Crippen LogP contribution in [0.3, 0.4) is 0 Å². The first-order chi connectivity index (χ1) is 19.3. The SMILES string of the molecule is CC1(N)CCN(c2cnc3cnn(C(c4ccccc4)(c4ccccc4)c4ccccc4)c3c2)CC1.NC(=O)O. The van der Waals surface area contributed by atoms with Crippen LogP contribution in [-0.4, -0.2) is 44.6 Å². The smallest absolute Gasteiger partial charge is 0.402 e. The second-order valence-electron chi connectivity index (χ2n) is 10.4. The predicted octanol–water partition coefficient (Wildman–Crippen LogP) is 5.21. The predicted molar refractivity (Wildman–Crippen MR) is 158 cm³/mol. The molecule has 1 aliphatic rings. The molecule has 0 unspecified atom stereocenters. The minimum atomic E-state index is -1.33. The van der Waals surface area contributed by atoms with Gasteiger partial charge in [0.05, 0.1) is 23.6 Å². The van der Waals surface area contributed by atoms with Crippen LogP contribution in [0.5, 0.6) is 0 Å². The maximum absolute atomic E-state index is 8.78. The van der Waals surface area contributed by atoms with Crippen LogP contribution in [0.25, 0.3) is 11.0 Å². The molecule has 204 valence electrons. The summed E-state index contributed by atoms with van der Waals surface area (Å²) < 4.78 is 2.16. The van der Waals surface area contributed by atoms with E-state index in [0.717, 1.165) is 59.3 Å². The van der Waals surface area contributed by atoms with Crippen molar-refractivity contribution in [3.63, 3.8) is 0 Å². The second kappa shape index (κ2) is 11.2. The van der Waals surface area contributed by atoms with Crippen molar-refractivity contribution in [1.82, 2.24) is 14.8 Å². The Labute approximate surface area is 233 Å². The van der Waals surface area contributed by atoms with Crippen LogP contribution in [0.1, 0.15) is 36.5 Å². The van der Waals surface area contributed by atoms with Gasteiger partial charge in [-0.05, 0) is 42.5 Å². The van der Waals surface area contributed by atoms with Crippen LogP contribution in [0.15, 0.2) is 109 Å². The van der Waals surface area contributed by atoms with E-state index in [1.165, 1.54) is 0 Å². The first-order valence-corrected chi connectivity index (χ1v) is 13.3. The molecule has 0 atom stereocenters. The number of nitrogens with zero attached hydrogens (tertiary/aromatic N) is 4. The van der Waals surface area contributed by atoms with Crippen molar-refractivity contribution >= 4 is 22.8 Å². The van der Waals surface area contributed by atoms with E-state index in [1.54, 1.807) is 0 Å². The van der Waals surface area contributed by atoms with E-state index in [-0.39, 0.29) is 5.54 Å². The number of fused-ring (bicyclic) bond motifs is 1. The van der Waals surface area contributed by atoms with E-state index >= 15 is 0 Å². The molecule has 8 heteroatoms. The van der Waals surface area contributed by atoms with Gasteiger partial charge in [0.1, 0.15) is 11.1 Å². The molecule has 1 saturated heterocycles. The zero-order valence-electron chi connectivity index (χ0n) is 22.5. The highest BCUT2D eigenvalue weighted by Gasteiger charge is 2.40. The molecule has 3 aromatic carbocycles. The number of hydrogen-bond donors (Lipinski definition) is 3. The zero-order chi connectivity index (χ0) is 28.2. The molecule has 8 nitrogen and oxygen atoms in total. The van der Waals surface area contributed by atoms with Gasteiger partial charge < -0.3 is 21.5 Å². The quantitative estimate of drug-likeness (QED) is 0.266. The van der Waals surface area contributed by atoms with E-state index < -0.39 is 11.6 Å². The molecule has 0 radical (unpaired) electrons. The summed E-state index contributed by atoms with van der Waals surface area (Å²) in [4.78, 5) is 16.0. The third kappa shape index (κ3) is 5.26. The van der Waals surface area contributed by atoms with E-state index in [0.29, 0.717) is 0 Å². The maximum atomic E-state index is 8.78. The Hall–Kier alpha value is -4.69. The minimum Gasteiger partial charge on any atom is -0.465 e. The molecule has 1 amide bonds. The average Bonchev–Trinajstić information content (AvgIpc) is 3.39. The molecule has 1 aliphatic heterocycles. The van der Waals surface area contributed by atoms with Gasteiger partial charge in [-0.3, -0.25) is 4.98 Å². The number of amides is 1. The van der Waals surface area contributed by atoms with Crippen LogP contribution in [0, 0.1) is 0 Å². The summed E-state index contributed by atoms with van der Waals surface area (Å²) in [5.74, 6) is 0. The van der Waals surface area contributed by atoms with Crippen molar-refractivity contribution in [1.29, 1.82) is 0 Å². The molecular weight excluding hydrogens is 500 g/mol. The number of rotatable bonds is 5. The minimum absolute atomic E-state index is 0.0983. The number of carbonyl (C=O) groups is 1. The normalized spacial score (nSPS) is 14.8. The fraction of sp³-hybridized carbons (Fsp3) is 0.219. The second-order valence-corrected chi connectivity index (χ2v) is 10.4. The van der Waals surface area contributed by atoms with Gasteiger partial charge in [0.2, 0.25) is 0 Å². The third-order valence-corrected chi connectivity index (χ3v) is 7.57. The highest BCUT2D eigenvalue weighted by molar-refractivity contribution is 5.79. The van der Waals surface area contributed by atoms with Gasteiger partial charge in [-0.25, -0.2) is 9.48 Å². The van der Waals surface area contributed by atoms with E-state index in [2.05, 4.69) is 119 Å². The van der Waals surface area contributed by atoms with Crippen molar-refractivity contribution in [3.05, 3.63) is 126 Å². The molecular formula is C32H34N6O2. The number of benzene rings is 3. The molecule has 5 aromatic rings. The Morgan fingerprint density at radius 3 is 1.75 bits per heavy atom. The van der Waals surface area contributed by atoms with Crippen molar-refractivity contribution in [2.75, 3.05) is 18.0 Å². The number of pyridine rings is 1. The average molecular weight is 535 g/mol. The van der Waals surface area contributed by atoms with Crippen molar-refractivity contribution in [2.45, 2.75) is 30.8 Å². The molecule has 2 aromatic heterocycles. The van der Waals surface area contributed by atoms with E-state index in [9.17, 15) is 0 Å². The largest absolute Gasteiger partial charge is 0.465 e. The summed E-state index contributed by atoms with van der Waals surface area (Å²) in [6.45, 7) is 4.00. The van der Waals surface area contributed by atoms with Crippen molar-refractivity contribution in [3.8, 4) is 0 Å². The third-order valence-electron chi connectivity index (χ3n) is 7.57. The summed E-state index contributed by atoms with van der Waals surface area (Å²) in [7, 11) is 0. The number of aromatic nitrogens is 3. The lowest BCUT2D eigenvalue weighted by Gasteiger charge is -2.38. The molecule has 5 N–H and O–H groups in total. The van der Waals surface area contributed by atoms with Gasteiger partial charge in [-0.2, -0.15) is 5.10 Å². The Bertz CT molecular complexity index is 1460. The number of anilines is 1. The lowest BCUT2D eigenvalue weighted by Crippen LogP contribution is -2.48. The monoisotopic (exact) mass is 534 g/mol. The molecule has 0 bridgehead atoms. The van der Waals surface area contributed by atoms with Crippen LogP contribution < -0.4 is 16.4 Å². The summed E-state index contributed by atoms with van der Waals surface area (Å²) in [6.07, 6.45) is 4.46. The highest BCUT2D eigenvalue weighted by Crippen LogP contribution is 2.42. The Kier molecular flexibility index (Phi) is 7.53. The molecule has 1 fully saturated rings. The van der Waals surface area contributed by atoms with Crippen LogP contribution in [0.2, 0.25) is 0 Å². The van der Waals surface area contributed by atoms with Crippen LogP contribution in [0.4, 0.5) is 10.5 Å². The van der Waals surface area contributed by atoms with Gasteiger partial charge in [-0.1, -0.05) is 91.0 Å². The first kappa shape index (κ1) is 26.9. The van der Waals surface area contributed by atoms with Crippen molar-refractivity contribution < 1.29 is 9.90 Å². The summed E-state index contributed by atoms with van der Waals surface area (Å²) >= 11 is 0. The van der Waals surface area contributed by atoms with Gasteiger partial charge in [0.15, 0.2) is 0 Å². The molecule has 6 rings (SSSR count). The Balaban J connectivity index is 0.000000758. The molecule has 0 spiro atoms. The fourth-order valence-corrected chi connectivity index (χ4v) is 5.52. The molecule has 0 aliphatic carbocycles. The number of primary amides is 1. The van der Waals surface area contributed by atoms with Crippen LogP contribution in [-0.2, 0) is 5.54 Å². The Morgan fingerprint density at radius 1 is 0.850 bits per heavy atom. The maximum Gasteiger partial charge on any atom is 0.402 e.